The molecule has 1 aromatic heterocycles. The van der Waals surface area contributed by atoms with E-state index in [0.717, 1.165) is 25.7 Å². The summed E-state index contributed by atoms with van der Waals surface area (Å²) in [6.45, 7) is 2.12. The Balaban J connectivity index is 1.44. The van der Waals surface area contributed by atoms with Gasteiger partial charge in [0.1, 0.15) is 17.6 Å². The molecule has 2 aromatic rings. The third kappa shape index (κ3) is 4.40. The molecule has 0 saturated heterocycles. The molecule has 1 aliphatic rings. The lowest BCUT2D eigenvalue weighted by molar-refractivity contribution is 0.125. The smallest absolute Gasteiger partial charge is 0.132 e. The van der Waals surface area contributed by atoms with Crippen molar-refractivity contribution in [1.82, 2.24) is 5.32 Å². The Bertz CT molecular complexity index is 600. The van der Waals surface area contributed by atoms with Crippen molar-refractivity contribution in [1.29, 1.82) is 0 Å². The van der Waals surface area contributed by atoms with Crippen LogP contribution in [0.1, 0.15) is 62.4 Å². The molecule has 4 heteroatoms. The minimum Gasteiger partial charge on any atom is -0.508 e. The van der Waals surface area contributed by atoms with Crippen molar-refractivity contribution in [3.63, 3.8) is 0 Å². The van der Waals surface area contributed by atoms with Crippen LogP contribution in [-0.2, 0) is 0 Å². The van der Waals surface area contributed by atoms with Crippen molar-refractivity contribution in [3.05, 3.63) is 54.0 Å². The lowest BCUT2D eigenvalue weighted by Crippen LogP contribution is -2.39. The van der Waals surface area contributed by atoms with E-state index in [0.29, 0.717) is 29.9 Å². The van der Waals surface area contributed by atoms with Crippen LogP contribution in [0.4, 0.5) is 0 Å². The third-order valence-corrected chi connectivity index (χ3v) is 5.06. The predicted octanol–water partition coefficient (Wildman–Crippen LogP) is 4.11. The summed E-state index contributed by atoms with van der Waals surface area (Å²) in [7, 11) is 0. The van der Waals surface area contributed by atoms with Crippen LogP contribution in [0.3, 0.4) is 0 Å². The number of benzene rings is 1. The average Bonchev–Trinajstić information content (AvgIpc) is 3.11. The molecule has 0 bridgehead atoms. The van der Waals surface area contributed by atoms with E-state index in [1.54, 1.807) is 24.5 Å². The fraction of sp³-hybridized carbons (Fsp3) is 0.500. The van der Waals surface area contributed by atoms with Crippen molar-refractivity contribution in [3.8, 4) is 5.75 Å². The maximum Gasteiger partial charge on any atom is 0.132 e. The van der Waals surface area contributed by atoms with Crippen molar-refractivity contribution in [2.75, 3.05) is 0 Å². The van der Waals surface area contributed by atoms with Gasteiger partial charge in [0, 0.05) is 12.1 Å². The Kier molecular flexibility index (Phi) is 5.59. The standard InChI is InChI=1S/C20H27NO3/c1-14(13-19(23)20-3-2-12-24-20)21-17-8-4-15(5-9-17)16-6-10-18(22)11-7-16/h2-3,6-7,10-12,14-15,17,19,21-23H,4-5,8-9,13H2,1H3. The van der Waals surface area contributed by atoms with Gasteiger partial charge in [-0.2, -0.15) is 0 Å². The van der Waals surface area contributed by atoms with Gasteiger partial charge in [-0.15, -0.1) is 0 Å². The highest BCUT2D eigenvalue weighted by molar-refractivity contribution is 5.28. The van der Waals surface area contributed by atoms with E-state index in [1.165, 1.54) is 5.56 Å². The molecule has 1 fully saturated rings. The molecule has 1 saturated carbocycles. The van der Waals surface area contributed by atoms with Crippen LogP contribution in [0.5, 0.6) is 5.75 Å². The first kappa shape index (κ1) is 17.1. The van der Waals surface area contributed by atoms with Crippen LogP contribution in [0.2, 0.25) is 0 Å². The fourth-order valence-electron chi connectivity index (χ4n) is 3.74. The van der Waals surface area contributed by atoms with Gasteiger partial charge in [-0.05, 0) is 74.8 Å². The number of aromatic hydroxyl groups is 1. The molecule has 2 unspecified atom stereocenters. The minimum absolute atomic E-state index is 0.250. The van der Waals surface area contributed by atoms with E-state index in [1.807, 2.05) is 18.2 Å². The Morgan fingerprint density at radius 2 is 1.83 bits per heavy atom. The Labute approximate surface area is 143 Å². The Morgan fingerprint density at radius 3 is 2.46 bits per heavy atom. The Morgan fingerprint density at radius 1 is 1.12 bits per heavy atom. The predicted molar refractivity (Wildman–Crippen MR) is 94.0 cm³/mol. The zero-order valence-corrected chi connectivity index (χ0v) is 14.2. The van der Waals surface area contributed by atoms with Crippen molar-refractivity contribution in [2.45, 2.75) is 63.1 Å². The highest BCUT2D eigenvalue weighted by Gasteiger charge is 2.24. The van der Waals surface area contributed by atoms with Crippen LogP contribution in [0.15, 0.2) is 47.1 Å². The number of hydrogen-bond acceptors (Lipinski definition) is 4. The number of furan rings is 1. The Hall–Kier alpha value is -1.78. The van der Waals surface area contributed by atoms with Crippen molar-refractivity contribution in [2.24, 2.45) is 0 Å². The lowest BCUT2D eigenvalue weighted by atomic mass is 9.81. The molecule has 1 aromatic carbocycles. The van der Waals surface area contributed by atoms with Gasteiger partial charge in [0.05, 0.1) is 6.26 Å². The van der Waals surface area contributed by atoms with Gasteiger partial charge in [-0.1, -0.05) is 12.1 Å². The van der Waals surface area contributed by atoms with E-state index >= 15 is 0 Å². The van der Waals surface area contributed by atoms with Gasteiger partial charge in [-0.3, -0.25) is 0 Å². The number of hydrogen-bond donors (Lipinski definition) is 3. The van der Waals surface area contributed by atoms with Crippen LogP contribution < -0.4 is 5.32 Å². The maximum absolute atomic E-state index is 10.2. The minimum atomic E-state index is -0.546. The molecule has 0 aliphatic heterocycles. The first-order valence-corrected chi connectivity index (χ1v) is 8.88. The van der Waals surface area contributed by atoms with Crippen molar-refractivity contribution < 1.29 is 14.6 Å². The molecule has 1 aliphatic carbocycles. The monoisotopic (exact) mass is 329 g/mol. The molecule has 2 atom stereocenters. The SMILES string of the molecule is CC(CC(O)c1ccco1)NC1CCC(c2ccc(O)cc2)CC1. The molecule has 0 radical (unpaired) electrons. The van der Waals surface area contributed by atoms with Gasteiger partial charge in [-0.25, -0.2) is 0 Å². The zero-order valence-electron chi connectivity index (χ0n) is 14.2. The van der Waals surface area contributed by atoms with Crippen LogP contribution in [0.25, 0.3) is 0 Å². The van der Waals surface area contributed by atoms with Gasteiger partial charge in [0.15, 0.2) is 0 Å². The molecular formula is C20H27NO3. The lowest BCUT2D eigenvalue weighted by Gasteiger charge is -2.32. The second-order valence-electron chi connectivity index (χ2n) is 6.97. The van der Waals surface area contributed by atoms with Crippen LogP contribution >= 0.6 is 0 Å². The summed E-state index contributed by atoms with van der Waals surface area (Å²) >= 11 is 0. The summed E-state index contributed by atoms with van der Waals surface area (Å²) < 4.78 is 5.26. The van der Waals surface area contributed by atoms with Crippen molar-refractivity contribution >= 4 is 0 Å². The van der Waals surface area contributed by atoms with Crippen LogP contribution in [-0.4, -0.2) is 22.3 Å². The number of aliphatic hydroxyl groups is 1. The van der Waals surface area contributed by atoms with E-state index in [4.69, 9.17) is 4.42 Å². The molecule has 4 nitrogen and oxygen atoms in total. The maximum atomic E-state index is 10.2. The number of aliphatic hydroxyl groups excluding tert-OH is 1. The molecular weight excluding hydrogens is 302 g/mol. The number of nitrogens with one attached hydrogen (secondary N) is 1. The summed E-state index contributed by atoms with van der Waals surface area (Å²) in [5.74, 6) is 1.56. The number of phenolic OH excluding ortho intramolecular Hbond substituents is 1. The third-order valence-electron chi connectivity index (χ3n) is 5.06. The normalized spacial score (nSPS) is 23.8. The molecule has 3 N–H and O–H groups in total. The van der Waals surface area contributed by atoms with Gasteiger partial charge in [0.25, 0.3) is 0 Å². The van der Waals surface area contributed by atoms with Gasteiger partial charge in [0.2, 0.25) is 0 Å². The highest BCUT2D eigenvalue weighted by Crippen LogP contribution is 2.33. The summed E-state index contributed by atoms with van der Waals surface area (Å²) in [6, 6.07) is 12.0. The quantitative estimate of drug-likeness (QED) is 0.746. The van der Waals surface area contributed by atoms with E-state index in [9.17, 15) is 10.2 Å². The molecule has 3 rings (SSSR count). The van der Waals surface area contributed by atoms with E-state index < -0.39 is 6.10 Å². The zero-order chi connectivity index (χ0) is 16.9. The van der Waals surface area contributed by atoms with Gasteiger partial charge < -0.3 is 19.9 Å². The second-order valence-corrected chi connectivity index (χ2v) is 6.97. The van der Waals surface area contributed by atoms with E-state index in [2.05, 4.69) is 12.2 Å². The fourth-order valence-corrected chi connectivity index (χ4v) is 3.74. The molecule has 24 heavy (non-hydrogen) atoms. The topological polar surface area (TPSA) is 65.6 Å². The second kappa shape index (κ2) is 7.86. The first-order valence-electron chi connectivity index (χ1n) is 8.88. The summed E-state index contributed by atoms with van der Waals surface area (Å²) in [5.41, 5.74) is 1.33. The summed E-state index contributed by atoms with van der Waals surface area (Å²) in [5, 5.41) is 23.2. The number of rotatable bonds is 6. The summed E-state index contributed by atoms with van der Waals surface area (Å²) in [6.07, 6.45) is 6.33. The van der Waals surface area contributed by atoms with Gasteiger partial charge >= 0.3 is 0 Å². The first-order chi connectivity index (χ1) is 11.6. The van der Waals surface area contributed by atoms with Crippen LogP contribution in [0, 0.1) is 0 Å². The van der Waals surface area contributed by atoms with E-state index in [-0.39, 0.29) is 6.04 Å². The molecule has 0 spiro atoms. The number of phenols is 1. The summed E-state index contributed by atoms with van der Waals surface area (Å²) in [4.78, 5) is 0. The molecule has 0 amide bonds. The average molecular weight is 329 g/mol. The molecule has 130 valence electrons. The molecule has 1 heterocycles. The largest absolute Gasteiger partial charge is 0.508 e. The highest BCUT2D eigenvalue weighted by atomic mass is 16.4.